The maximum Gasteiger partial charge on any atom is 0.573 e. The Morgan fingerprint density at radius 2 is 1.86 bits per heavy atom. The van der Waals surface area contributed by atoms with E-state index in [1.54, 1.807) is 24.3 Å². The van der Waals surface area contributed by atoms with Crippen LogP contribution in [0.4, 0.5) is 18.9 Å². The largest absolute Gasteiger partial charge is 0.573 e. The number of phenolic OH excluding ortho intramolecular Hbond substituents is 1. The topological polar surface area (TPSA) is 41.8 Å². The summed E-state index contributed by atoms with van der Waals surface area (Å²) in [6.45, 7) is 0. The van der Waals surface area contributed by atoms with Crippen LogP contribution in [0.2, 0.25) is 0 Å². The number of benzene rings is 2. The van der Waals surface area contributed by atoms with Crippen LogP contribution in [0.1, 0.15) is 5.56 Å². The fourth-order valence-corrected chi connectivity index (χ4v) is 1.92. The molecule has 0 aromatic heterocycles. The van der Waals surface area contributed by atoms with Gasteiger partial charge in [-0.2, -0.15) is 0 Å². The molecule has 2 aromatic rings. The molecule has 0 bridgehead atoms. The Hall–Kier alpha value is -2.02. The number of alkyl halides is 3. The lowest BCUT2D eigenvalue weighted by Gasteiger charge is -2.09. The lowest BCUT2D eigenvalue weighted by Crippen LogP contribution is -2.17. The van der Waals surface area contributed by atoms with E-state index in [2.05, 4.69) is 25.7 Å². The minimum Gasteiger partial charge on any atom is -0.507 e. The number of para-hydroxylation sites is 1. The molecule has 2 aromatic carbocycles. The molecule has 7 heteroatoms. The molecule has 2 rings (SSSR count). The number of hydrogen-bond donors (Lipinski definition) is 1. The Bertz CT molecular complexity index is 672. The zero-order valence-corrected chi connectivity index (χ0v) is 12.0. The third kappa shape index (κ3) is 4.49. The van der Waals surface area contributed by atoms with E-state index >= 15 is 0 Å². The zero-order chi connectivity index (χ0) is 15.5. The van der Waals surface area contributed by atoms with Gasteiger partial charge >= 0.3 is 6.36 Å². The summed E-state index contributed by atoms with van der Waals surface area (Å²) in [5.41, 5.74) is 0.701. The normalized spacial score (nSPS) is 11.8. The highest BCUT2D eigenvalue weighted by atomic mass is 79.9. The number of halogens is 4. The second-order valence-corrected chi connectivity index (χ2v) is 4.83. The number of hydrogen-bond acceptors (Lipinski definition) is 3. The van der Waals surface area contributed by atoms with Gasteiger partial charge < -0.3 is 9.84 Å². The molecular formula is C14H9BrF3NO2. The molecule has 0 heterocycles. The van der Waals surface area contributed by atoms with E-state index in [1.807, 2.05) is 0 Å². The number of phenols is 1. The van der Waals surface area contributed by atoms with Crippen LogP contribution in [-0.2, 0) is 0 Å². The Morgan fingerprint density at radius 3 is 2.52 bits per heavy atom. The van der Waals surface area contributed by atoms with Gasteiger partial charge in [0, 0.05) is 16.3 Å². The molecular weight excluding hydrogens is 351 g/mol. The van der Waals surface area contributed by atoms with E-state index in [0.717, 1.165) is 22.7 Å². The summed E-state index contributed by atoms with van der Waals surface area (Å²) >= 11 is 3.29. The molecule has 0 saturated carbocycles. The second kappa shape index (κ2) is 6.17. The first-order chi connectivity index (χ1) is 9.85. The van der Waals surface area contributed by atoms with Gasteiger partial charge in [-0.3, -0.25) is 4.99 Å². The van der Waals surface area contributed by atoms with Crippen molar-refractivity contribution < 1.29 is 23.0 Å². The van der Waals surface area contributed by atoms with Gasteiger partial charge in [0.15, 0.2) is 0 Å². The Balaban J connectivity index is 2.27. The maximum atomic E-state index is 12.2. The quantitative estimate of drug-likeness (QED) is 0.799. The second-order valence-electron chi connectivity index (χ2n) is 3.98. The molecule has 0 aliphatic rings. The summed E-state index contributed by atoms with van der Waals surface area (Å²) in [6.07, 6.45) is -3.52. The summed E-state index contributed by atoms with van der Waals surface area (Å²) < 4.78 is 41.0. The van der Waals surface area contributed by atoms with E-state index in [0.29, 0.717) is 5.69 Å². The van der Waals surface area contributed by atoms with Crippen LogP contribution < -0.4 is 4.74 Å². The number of rotatable bonds is 3. The fraction of sp³-hybridized carbons (Fsp3) is 0.0714. The van der Waals surface area contributed by atoms with Gasteiger partial charge in [0.25, 0.3) is 0 Å². The molecule has 3 nitrogen and oxygen atoms in total. The zero-order valence-electron chi connectivity index (χ0n) is 10.4. The van der Waals surface area contributed by atoms with Crippen molar-refractivity contribution in [2.75, 3.05) is 0 Å². The van der Waals surface area contributed by atoms with Crippen LogP contribution in [0.3, 0.4) is 0 Å². The molecule has 0 saturated heterocycles. The summed E-state index contributed by atoms with van der Waals surface area (Å²) in [6, 6.07) is 10.3. The van der Waals surface area contributed by atoms with Crippen LogP contribution in [0.25, 0.3) is 0 Å². The van der Waals surface area contributed by atoms with Crippen LogP contribution in [0.5, 0.6) is 11.5 Å². The lowest BCUT2D eigenvalue weighted by atomic mass is 10.2. The molecule has 0 unspecified atom stereocenters. The summed E-state index contributed by atoms with van der Waals surface area (Å²) in [5.74, 6) is -0.616. The molecule has 0 aliphatic carbocycles. The van der Waals surface area contributed by atoms with Crippen molar-refractivity contribution >= 4 is 27.8 Å². The Morgan fingerprint density at radius 1 is 1.14 bits per heavy atom. The lowest BCUT2D eigenvalue weighted by molar-refractivity contribution is -0.274. The minimum atomic E-state index is -4.78. The van der Waals surface area contributed by atoms with Crippen LogP contribution in [-0.4, -0.2) is 17.7 Å². The maximum absolute atomic E-state index is 12.2. The predicted molar refractivity (Wildman–Crippen MR) is 76.2 cm³/mol. The highest BCUT2D eigenvalue weighted by Gasteiger charge is 2.31. The van der Waals surface area contributed by atoms with Crippen LogP contribution in [0, 0.1) is 0 Å². The van der Waals surface area contributed by atoms with E-state index in [4.69, 9.17) is 0 Å². The smallest absolute Gasteiger partial charge is 0.507 e. The first kappa shape index (κ1) is 15.4. The number of nitrogens with zero attached hydrogens (tertiary/aromatic N) is 1. The number of aromatic hydroxyl groups is 1. The van der Waals surface area contributed by atoms with Gasteiger partial charge in [-0.15, -0.1) is 13.2 Å². The first-order valence-electron chi connectivity index (χ1n) is 5.72. The molecule has 0 aliphatic heterocycles. The molecule has 110 valence electrons. The highest BCUT2D eigenvalue weighted by Crippen LogP contribution is 2.28. The van der Waals surface area contributed by atoms with Gasteiger partial charge in [-0.05, 0) is 46.3 Å². The van der Waals surface area contributed by atoms with E-state index < -0.39 is 12.1 Å². The van der Waals surface area contributed by atoms with Gasteiger partial charge in [0.05, 0.1) is 5.69 Å². The van der Waals surface area contributed by atoms with E-state index in [-0.39, 0.29) is 11.3 Å². The Labute approximate surface area is 126 Å². The average molecular weight is 360 g/mol. The minimum absolute atomic E-state index is 0.118. The highest BCUT2D eigenvalue weighted by molar-refractivity contribution is 9.10. The summed E-state index contributed by atoms with van der Waals surface area (Å²) in [7, 11) is 0. The van der Waals surface area contributed by atoms with Crippen molar-refractivity contribution in [3.8, 4) is 11.5 Å². The summed E-state index contributed by atoms with van der Waals surface area (Å²) in [5, 5.41) is 9.64. The van der Waals surface area contributed by atoms with Gasteiger partial charge in [0.1, 0.15) is 11.5 Å². The van der Waals surface area contributed by atoms with Crippen LogP contribution >= 0.6 is 15.9 Å². The number of ether oxygens (including phenoxy) is 1. The van der Waals surface area contributed by atoms with Crippen LogP contribution in [0.15, 0.2) is 51.9 Å². The van der Waals surface area contributed by atoms with Gasteiger partial charge in [-0.1, -0.05) is 12.1 Å². The fourth-order valence-electron chi connectivity index (χ4n) is 1.53. The number of aliphatic imine (C=N–C) groups is 1. The molecule has 0 amide bonds. The molecule has 0 fully saturated rings. The van der Waals surface area contributed by atoms with Crippen molar-refractivity contribution in [1.29, 1.82) is 0 Å². The van der Waals surface area contributed by atoms with E-state index in [1.165, 1.54) is 6.21 Å². The van der Waals surface area contributed by atoms with Crippen molar-refractivity contribution in [1.82, 2.24) is 0 Å². The van der Waals surface area contributed by atoms with Crippen molar-refractivity contribution in [3.05, 3.63) is 52.5 Å². The molecule has 0 spiro atoms. The van der Waals surface area contributed by atoms with E-state index in [9.17, 15) is 18.3 Å². The standard InChI is InChI=1S/C14H9BrF3NO2/c15-11-3-1-2-4-12(11)19-8-9-7-10(5-6-13(9)20)21-14(16,17)18/h1-8,20H. The molecule has 0 radical (unpaired) electrons. The van der Waals surface area contributed by atoms with Gasteiger partial charge in [0.2, 0.25) is 0 Å². The molecule has 0 atom stereocenters. The monoisotopic (exact) mass is 359 g/mol. The third-order valence-electron chi connectivity index (χ3n) is 2.43. The van der Waals surface area contributed by atoms with Crippen molar-refractivity contribution in [3.63, 3.8) is 0 Å². The van der Waals surface area contributed by atoms with Gasteiger partial charge in [-0.25, -0.2) is 0 Å². The average Bonchev–Trinajstić information content (AvgIpc) is 2.39. The SMILES string of the molecule is Oc1ccc(OC(F)(F)F)cc1C=Nc1ccccc1Br. The molecule has 21 heavy (non-hydrogen) atoms. The summed E-state index contributed by atoms with van der Waals surface area (Å²) in [4.78, 5) is 4.11. The molecule has 1 N–H and O–H groups in total. The third-order valence-corrected chi connectivity index (χ3v) is 3.10. The predicted octanol–water partition coefficient (Wildman–Crippen LogP) is 4.80. The Kier molecular flexibility index (Phi) is 4.52. The first-order valence-corrected chi connectivity index (χ1v) is 6.52. The van der Waals surface area contributed by atoms with Crippen molar-refractivity contribution in [2.45, 2.75) is 6.36 Å². The van der Waals surface area contributed by atoms with Crippen molar-refractivity contribution in [2.24, 2.45) is 4.99 Å².